The number of nitrogens with one attached hydrogen (secondary N) is 1. The zero-order valence-corrected chi connectivity index (χ0v) is 16.1. The Morgan fingerprint density at radius 2 is 1.50 bits per heavy atom. The molecule has 1 heterocycles. The van der Waals surface area contributed by atoms with Crippen molar-refractivity contribution >= 4 is 38.1 Å². The number of para-hydroxylation sites is 1. The van der Waals surface area contributed by atoms with Crippen molar-refractivity contribution in [1.82, 2.24) is 4.98 Å². The van der Waals surface area contributed by atoms with Gasteiger partial charge in [-0.05, 0) is 48.5 Å². The minimum absolute atomic E-state index is 0.802. The third-order valence-electron chi connectivity index (χ3n) is 3.73. The normalized spacial score (nSPS) is 10.5. The van der Waals surface area contributed by atoms with Gasteiger partial charge in [0.2, 0.25) is 0 Å². The minimum atomic E-state index is 0.802. The Bertz CT molecular complexity index is 983. The highest BCUT2D eigenvalue weighted by Crippen LogP contribution is 2.29. The SMILES string of the molecule is Brc1ccc(-c2csc(Nc3ccc(Oc4ccccc4)cc3)n2)cc1. The van der Waals surface area contributed by atoms with Crippen LogP contribution in [0.15, 0.2) is 88.7 Å². The Balaban J connectivity index is 1.44. The fourth-order valence-electron chi connectivity index (χ4n) is 2.44. The van der Waals surface area contributed by atoms with E-state index in [0.29, 0.717) is 0 Å². The third kappa shape index (κ3) is 4.12. The molecule has 0 fully saturated rings. The molecule has 4 rings (SSSR count). The van der Waals surface area contributed by atoms with Crippen LogP contribution in [0.4, 0.5) is 10.8 Å². The van der Waals surface area contributed by atoms with Crippen molar-refractivity contribution in [2.45, 2.75) is 0 Å². The van der Waals surface area contributed by atoms with Crippen LogP contribution in [-0.2, 0) is 0 Å². The minimum Gasteiger partial charge on any atom is -0.457 e. The molecule has 0 saturated carbocycles. The number of hydrogen-bond donors (Lipinski definition) is 1. The Morgan fingerprint density at radius 3 is 2.23 bits per heavy atom. The number of anilines is 2. The molecule has 0 bridgehead atoms. The largest absolute Gasteiger partial charge is 0.457 e. The number of aromatic nitrogens is 1. The van der Waals surface area contributed by atoms with Gasteiger partial charge in [0.15, 0.2) is 5.13 Å². The fourth-order valence-corrected chi connectivity index (χ4v) is 3.44. The molecule has 3 aromatic carbocycles. The van der Waals surface area contributed by atoms with Crippen LogP contribution in [-0.4, -0.2) is 4.98 Å². The summed E-state index contributed by atoms with van der Waals surface area (Å²) in [4.78, 5) is 4.66. The lowest BCUT2D eigenvalue weighted by Gasteiger charge is -2.07. The average Bonchev–Trinajstić information content (AvgIpc) is 3.13. The van der Waals surface area contributed by atoms with E-state index in [1.807, 2.05) is 66.7 Å². The number of ether oxygens (including phenoxy) is 1. The highest BCUT2D eigenvalue weighted by molar-refractivity contribution is 9.10. The van der Waals surface area contributed by atoms with E-state index in [0.717, 1.165) is 38.0 Å². The van der Waals surface area contributed by atoms with Crippen LogP contribution in [0.3, 0.4) is 0 Å². The number of hydrogen-bond acceptors (Lipinski definition) is 4. The lowest BCUT2D eigenvalue weighted by molar-refractivity contribution is 0.483. The standard InChI is InChI=1S/C21H15BrN2OS/c22-16-8-6-15(7-9-16)20-14-26-21(24-20)23-17-10-12-19(13-11-17)25-18-4-2-1-3-5-18/h1-14H,(H,23,24). The van der Waals surface area contributed by atoms with Crippen LogP contribution in [0.5, 0.6) is 11.5 Å². The van der Waals surface area contributed by atoms with Crippen LogP contribution in [0.1, 0.15) is 0 Å². The molecule has 4 aromatic rings. The molecule has 0 atom stereocenters. The van der Waals surface area contributed by atoms with Gasteiger partial charge in [-0.25, -0.2) is 4.98 Å². The highest BCUT2D eigenvalue weighted by atomic mass is 79.9. The first-order valence-corrected chi connectivity index (χ1v) is 9.75. The smallest absolute Gasteiger partial charge is 0.187 e. The van der Waals surface area contributed by atoms with Crippen molar-refractivity contribution < 1.29 is 4.74 Å². The third-order valence-corrected chi connectivity index (χ3v) is 5.02. The molecule has 128 valence electrons. The first-order chi connectivity index (χ1) is 12.8. The van der Waals surface area contributed by atoms with Gasteiger partial charge in [0, 0.05) is 21.1 Å². The van der Waals surface area contributed by atoms with Crippen LogP contribution < -0.4 is 10.1 Å². The Kier molecular flexibility index (Phi) is 5.00. The van der Waals surface area contributed by atoms with Crippen LogP contribution in [0, 0.1) is 0 Å². The summed E-state index contributed by atoms with van der Waals surface area (Å²) in [5.41, 5.74) is 3.04. The summed E-state index contributed by atoms with van der Waals surface area (Å²) >= 11 is 5.04. The van der Waals surface area contributed by atoms with E-state index >= 15 is 0 Å². The lowest BCUT2D eigenvalue weighted by atomic mass is 10.2. The molecular weight excluding hydrogens is 408 g/mol. The summed E-state index contributed by atoms with van der Waals surface area (Å²) in [5.74, 6) is 1.63. The van der Waals surface area contributed by atoms with Gasteiger partial charge in [-0.1, -0.05) is 46.3 Å². The summed E-state index contributed by atoms with van der Waals surface area (Å²) in [7, 11) is 0. The van der Waals surface area contributed by atoms with Crippen molar-refractivity contribution in [3.8, 4) is 22.8 Å². The topological polar surface area (TPSA) is 34.1 Å². The molecule has 0 aliphatic rings. The fraction of sp³-hybridized carbons (Fsp3) is 0. The van der Waals surface area contributed by atoms with Gasteiger partial charge in [0.25, 0.3) is 0 Å². The molecule has 5 heteroatoms. The highest BCUT2D eigenvalue weighted by Gasteiger charge is 2.05. The quantitative estimate of drug-likeness (QED) is 0.372. The van der Waals surface area contributed by atoms with E-state index < -0.39 is 0 Å². The molecular formula is C21H15BrN2OS. The maximum Gasteiger partial charge on any atom is 0.187 e. The molecule has 0 aliphatic heterocycles. The van der Waals surface area contributed by atoms with Gasteiger partial charge in [0.1, 0.15) is 11.5 Å². The number of halogens is 1. The predicted molar refractivity (Wildman–Crippen MR) is 111 cm³/mol. The molecule has 1 N–H and O–H groups in total. The van der Waals surface area contributed by atoms with Gasteiger partial charge >= 0.3 is 0 Å². The molecule has 0 aliphatic carbocycles. The van der Waals surface area contributed by atoms with Gasteiger partial charge < -0.3 is 10.1 Å². The van der Waals surface area contributed by atoms with E-state index in [9.17, 15) is 0 Å². The van der Waals surface area contributed by atoms with E-state index in [-0.39, 0.29) is 0 Å². The van der Waals surface area contributed by atoms with Crippen molar-refractivity contribution in [2.75, 3.05) is 5.32 Å². The Hall–Kier alpha value is -2.63. The van der Waals surface area contributed by atoms with Crippen LogP contribution in [0.2, 0.25) is 0 Å². The summed E-state index contributed by atoms with van der Waals surface area (Å²) in [6.07, 6.45) is 0. The maximum atomic E-state index is 5.81. The predicted octanol–water partition coefficient (Wildman–Crippen LogP) is 7.11. The first-order valence-electron chi connectivity index (χ1n) is 8.08. The molecule has 0 radical (unpaired) electrons. The zero-order chi connectivity index (χ0) is 17.8. The lowest BCUT2D eigenvalue weighted by Crippen LogP contribution is -1.90. The summed E-state index contributed by atoms with van der Waals surface area (Å²) in [6.45, 7) is 0. The second kappa shape index (κ2) is 7.72. The number of rotatable bonds is 5. The number of benzene rings is 3. The van der Waals surface area contributed by atoms with Gasteiger partial charge in [-0.3, -0.25) is 0 Å². The van der Waals surface area contributed by atoms with E-state index in [4.69, 9.17) is 4.74 Å². The van der Waals surface area contributed by atoms with Crippen molar-refractivity contribution in [2.24, 2.45) is 0 Å². The van der Waals surface area contributed by atoms with E-state index in [1.165, 1.54) is 0 Å². The number of nitrogens with zero attached hydrogens (tertiary/aromatic N) is 1. The van der Waals surface area contributed by atoms with Crippen molar-refractivity contribution in [3.63, 3.8) is 0 Å². The molecule has 0 saturated heterocycles. The van der Waals surface area contributed by atoms with Gasteiger partial charge in [0.05, 0.1) is 5.69 Å². The second-order valence-electron chi connectivity index (χ2n) is 5.61. The van der Waals surface area contributed by atoms with Crippen LogP contribution in [0.25, 0.3) is 11.3 Å². The molecule has 3 nitrogen and oxygen atoms in total. The summed E-state index contributed by atoms with van der Waals surface area (Å²) in [6, 6.07) is 25.8. The van der Waals surface area contributed by atoms with Crippen molar-refractivity contribution in [1.29, 1.82) is 0 Å². The monoisotopic (exact) mass is 422 g/mol. The summed E-state index contributed by atoms with van der Waals surface area (Å²) in [5, 5.41) is 6.25. The van der Waals surface area contributed by atoms with Crippen molar-refractivity contribution in [3.05, 3.63) is 88.7 Å². The van der Waals surface area contributed by atoms with Crippen LogP contribution >= 0.6 is 27.3 Å². The zero-order valence-electron chi connectivity index (χ0n) is 13.7. The Morgan fingerprint density at radius 1 is 0.808 bits per heavy atom. The average molecular weight is 423 g/mol. The Labute approximate surface area is 164 Å². The molecule has 26 heavy (non-hydrogen) atoms. The van der Waals surface area contributed by atoms with E-state index in [2.05, 4.69) is 43.7 Å². The number of thiazole rings is 1. The summed E-state index contributed by atoms with van der Waals surface area (Å²) < 4.78 is 6.87. The van der Waals surface area contributed by atoms with Gasteiger partial charge in [-0.15, -0.1) is 11.3 Å². The molecule has 0 unspecified atom stereocenters. The van der Waals surface area contributed by atoms with Gasteiger partial charge in [-0.2, -0.15) is 0 Å². The first kappa shape index (κ1) is 16.8. The van der Waals surface area contributed by atoms with E-state index in [1.54, 1.807) is 11.3 Å². The molecule has 0 amide bonds. The molecule has 1 aromatic heterocycles. The maximum absolute atomic E-state index is 5.81. The molecule has 0 spiro atoms. The second-order valence-corrected chi connectivity index (χ2v) is 7.38.